The second kappa shape index (κ2) is 15.1. The third-order valence-electron chi connectivity index (χ3n) is 11.7. The van der Waals surface area contributed by atoms with Gasteiger partial charge in [0.1, 0.15) is 11.2 Å². The summed E-state index contributed by atoms with van der Waals surface area (Å²) in [6.07, 6.45) is 0. The fourth-order valence-corrected chi connectivity index (χ4v) is 8.85. The zero-order valence-electron chi connectivity index (χ0n) is 32.9. The van der Waals surface area contributed by atoms with Gasteiger partial charge in [0.2, 0.25) is 0 Å². The van der Waals surface area contributed by atoms with Crippen LogP contribution >= 0.6 is 0 Å². The molecule has 0 unspecified atom stereocenters. The zero-order chi connectivity index (χ0) is 39.8. The molecule has 0 aliphatic carbocycles. The van der Waals surface area contributed by atoms with E-state index in [1.807, 2.05) is 6.07 Å². The third kappa shape index (κ3) is 6.32. The molecule has 0 aliphatic rings. The molecule has 11 aromatic rings. The van der Waals surface area contributed by atoms with Crippen molar-refractivity contribution in [1.29, 1.82) is 0 Å². The SMILES string of the molecule is c1ccc(-c2ccc(N(c3ccc(-c4ccc5ccccc5c4)cc3)c3cccc(-c4ccccc4)c3-c3cccc4oc5ccccc5c34)cc2-c2ccccc2)cc1. The number of nitrogens with zero attached hydrogens (tertiary/aromatic N) is 1. The van der Waals surface area contributed by atoms with Crippen LogP contribution in [0.4, 0.5) is 17.1 Å². The molecule has 282 valence electrons. The second-order valence-corrected chi connectivity index (χ2v) is 15.2. The average Bonchev–Trinajstić information content (AvgIpc) is 3.72. The van der Waals surface area contributed by atoms with Gasteiger partial charge in [0.15, 0.2) is 0 Å². The van der Waals surface area contributed by atoms with E-state index in [0.717, 1.165) is 66.8 Å². The predicted octanol–water partition coefficient (Wildman–Crippen LogP) is 16.5. The van der Waals surface area contributed by atoms with Crippen LogP contribution in [0.5, 0.6) is 0 Å². The van der Waals surface area contributed by atoms with Gasteiger partial charge in [-0.05, 0) is 109 Å². The Labute approximate surface area is 349 Å². The molecule has 1 heterocycles. The number of para-hydroxylation sites is 1. The lowest BCUT2D eigenvalue weighted by Crippen LogP contribution is -2.12. The summed E-state index contributed by atoms with van der Waals surface area (Å²) in [7, 11) is 0. The molecule has 2 heteroatoms. The molecule has 0 spiro atoms. The lowest BCUT2D eigenvalue weighted by molar-refractivity contribution is 0.669. The van der Waals surface area contributed by atoms with Crippen molar-refractivity contribution < 1.29 is 4.42 Å². The normalized spacial score (nSPS) is 11.3. The Kier molecular flexibility index (Phi) is 8.87. The van der Waals surface area contributed by atoms with Gasteiger partial charge in [-0.25, -0.2) is 0 Å². The van der Waals surface area contributed by atoms with Crippen molar-refractivity contribution in [2.75, 3.05) is 4.90 Å². The minimum Gasteiger partial charge on any atom is -0.456 e. The molecular weight excluding hydrogens is 727 g/mol. The maximum absolute atomic E-state index is 6.52. The maximum Gasteiger partial charge on any atom is 0.136 e. The highest BCUT2D eigenvalue weighted by molar-refractivity contribution is 6.16. The van der Waals surface area contributed by atoms with Gasteiger partial charge in [0, 0.05) is 27.7 Å². The van der Waals surface area contributed by atoms with Gasteiger partial charge in [-0.2, -0.15) is 0 Å². The Bertz CT molecular complexity index is 3290. The fraction of sp³-hybridized carbons (Fsp3) is 0. The van der Waals surface area contributed by atoms with Crippen LogP contribution in [0, 0.1) is 0 Å². The highest BCUT2D eigenvalue weighted by Crippen LogP contribution is 2.50. The first-order valence-corrected chi connectivity index (χ1v) is 20.5. The Morgan fingerprint density at radius 1 is 0.300 bits per heavy atom. The van der Waals surface area contributed by atoms with Crippen LogP contribution in [0.1, 0.15) is 0 Å². The first kappa shape index (κ1) is 35.2. The van der Waals surface area contributed by atoms with Crippen molar-refractivity contribution in [3.05, 3.63) is 237 Å². The highest BCUT2D eigenvalue weighted by atomic mass is 16.3. The molecule has 0 N–H and O–H groups in total. The Balaban J connectivity index is 1.19. The van der Waals surface area contributed by atoms with Gasteiger partial charge in [-0.1, -0.05) is 188 Å². The summed E-state index contributed by atoms with van der Waals surface area (Å²) in [4.78, 5) is 2.44. The topological polar surface area (TPSA) is 16.4 Å². The summed E-state index contributed by atoms with van der Waals surface area (Å²) in [5.74, 6) is 0. The van der Waals surface area contributed by atoms with Crippen molar-refractivity contribution in [2.24, 2.45) is 0 Å². The molecule has 2 nitrogen and oxygen atoms in total. The quantitative estimate of drug-likeness (QED) is 0.153. The molecule has 0 saturated carbocycles. The van der Waals surface area contributed by atoms with Crippen LogP contribution in [0.25, 0.3) is 88.3 Å². The van der Waals surface area contributed by atoms with E-state index in [4.69, 9.17) is 4.42 Å². The summed E-state index contributed by atoms with van der Waals surface area (Å²) in [6.45, 7) is 0. The van der Waals surface area contributed by atoms with Gasteiger partial charge in [-0.15, -0.1) is 0 Å². The standard InChI is InChI=1S/C58H39NO/c1-4-17-42(18-5-1)49-37-36-48(39-53(49)44-21-8-3-9-22-44)59(47-34-32-41(33-35-47)46-31-30-40-16-10-11-23-45(40)38-46)54-27-14-25-50(43-19-6-2-7-20-43)57(54)52-26-15-29-56-58(52)51-24-12-13-28-55(51)60-56/h1-39H. The molecule has 11 rings (SSSR count). The molecular formula is C58H39NO. The molecule has 0 saturated heterocycles. The van der Waals surface area contributed by atoms with E-state index in [9.17, 15) is 0 Å². The van der Waals surface area contributed by atoms with Gasteiger partial charge in [0.25, 0.3) is 0 Å². The predicted molar refractivity (Wildman–Crippen MR) is 253 cm³/mol. The minimum absolute atomic E-state index is 0.868. The van der Waals surface area contributed by atoms with Crippen molar-refractivity contribution in [1.82, 2.24) is 0 Å². The molecule has 0 aliphatic heterocycles. The molecule has 60 heavy (non-hydrogen) atoms. The van der Waals surface area contributed by atoms with E-state index in [1.54, 1.807) is 0 Å². The largest absolute Gasteiger partial charge is 0.456 e. The Hall–Kier alpha value is -7.94. The zero-order valence-corrected chi connectivity index (χ0v) is 32.9. The molecule has 0 fully saturated rings. The van der Waals surface area contributed by atoms with Gasteiger partial charge < -0.3 is 9.32 Å². The van der Waals surface area contributed by atoms with E-state index in [0.29, 0.717) is 0 Å². The maximum atomic E-state index is 6.52. The number of rotatable bonds is 8. The van der Waals surface area contributed by atoms with E-state index < -0.39 is 0 Å². The highest BCUT2D eigenvalue weighted by Gasteiger charge is 2.24. The first-order chi connectivity index (χ1) is 29.8. The summed E-state index contributed by atoms with van der Waals surface area (Å²) in [5, 5.41) is 4.68. The lowest BCUT2D eigenvalue weighted by Gasteiger charge is -2.30. The van der Waals surface area contributed by atoms with Gasteiger partial charge in [0.05, 0.1) is 5.69 Å². The van der Waals surface area contributed by atoms with Crippen LogP contribution in [-0.2, 0) is 0 Å². The number of hydrogen-bond acceptors (Lipinski definition) is 2. The van der Waals surface area contributed by atoms with Crippen LogP contribution < -0.4 is 4.90 Å². The summed E-state index contributed by atoms with van der Waals surface area (Å²) in [6, 6.07) is 85.0. The Morgan fingerprint density at radius 3 is 1.62 bits per heavy atom. The number of hydrogen-bond donors (Lipinski definition) is 0. The molecule has 1 aromatic heterocycles. The molecule has 0 amide bonds. The molecule has 0 radical (unpaired) electrons. The van der Waals surface area contributed by atoms with Crippen LogP contribution in [0.3, 0.4) is 0 Å². The van der Waals surface area contributed by atoms with E-state index in [-0.39, 0.29) is 0 Å². The summed E-state index contributed by atoms with van der Waals surface area (Å²) < 4.78 is 6.52. The summed E-state index contributed by atoms with van der Waals surface area (Å²) >= 11 is 0. The summed E-state index contributed by atoms with van der Waals surface area (Å²) in [5.41, 5.74) is 16.5. The smallest absolute Gasteiger partial charge is 0.136 e. The number of benzene rings is 10. The number of fused-ring (bicyclic) bond motifs is 4. The van der Waals surface area contributed by atoms with Crippen LogP contribution in [0.15, 0.2) is 241 Å². The van der Waals surface area contributed by atoms with E-state index in [2.05, 4.69) is 235 Å². The van der Waals surface area contributed by atoms with E-state index in [1.165, 1.54) is 38.6 Å². The Morgan fingerprint density at radius 2 is 0.867 bits per heavy atom. The van der Waals surface area contributed by atoms with Crippen molar-refractivity contribution in [3.8, 4) is 55.6 Å². The van der Waals surface area contributed by atoms with Crippen LogP contribution in [0.2, 0.25) is 0 Å². The number of furan rings is 1. The first-order valence-electron chi connectivity index (χ1n) is 20.5. The second-order valence-electron chi connectivity index (χ2n) is 15.2. The van der Waals surface area contributed by atoms with Crippen molar-refractivity contribution in [2.45, 2.75) is 0 Å². The van der Waals surface area contributed by atoms with Crippen LogP contribution in [-0.4, -0.2) is 0 Å². The van der Waals surface area contributed by atoms with Crippen molar-refractivity contribution in [3.63, 3.8) is 0 Å². The minimum atomic E-state index is 0.868. The molecule has 0 bridgehead atoms. The number of anilines is 3. The fourth-order valence-electron chi connectivity index (χ4n) is 8.85. The molecule has 10 aromatic carbocycles. The monoisotopic (exact) mass is 765 g/mol. The van der Waals surface area contributed by atoms with E-state index >= 15 is 0 Å². The van der Waals surface area contributed by atoms with Gasteiger partial charge >= 0.3 is 0 Å². The van der Waals surface area contributed by atoms with Gasteiger partial charge in [-0.3, -0.25) is 0 Å². The lowest BCUT2D eigenvalue weighted by atomic mass is 9.89. The third-order valence-corrected chi connectivity index (χ3v) is 11.7. The average molecular weight is 766 g/mol. The molecule has 0 atom stereocenters. The van der Waals surface area contributed by atoms with Crippen molar-refractivity contribution >= 4 is 49.8 Å².